The number of hydrogen-bond donors (Lipinski definition) is 1. The molecular formula is C18H23Cl3N2O4S. The zero-order chi connectivity index (χ0) is 21.5. The Bertz CT molecular complexity index is 800. The van der Waals surface area contributed by atoms with Crippen LogP contribution in [0.3, 0.4) is 0 Å². The van der Waals surface area contributed by atoms with Crippen LogP contribution in [0.1, 0.15) is 31.9 Å². The van der Waals surface area contributed by atoms with E-state index in [0.717, 1.165) is 5.56 Å². The molecule has 0 radical (unpaired) electrons. The van der Waals surface area contributed by atoms with Crippen LogP contribution in [0.4, 0.5) is 4.79 Å². The van der Waals surface area contributed by atoms with Crippen LogP contribution in [0, 0.1) is 17.2 Å². The van der Waals surface area contributed by atoms with Crippen molar-refractivity contribution in [2.45, 2.75) is 42.3 Å². The summed E-state index contributed by atoms with van der Waals surface area (Å²) in [7, 11) is -3.52. The van der Waals surface area contributed by atoms with Crippen molar-refractivity contribution in [2.24, 2.45) is 5.92 Å². The number of nitrogens with zero attached hydrogens (tertiary/aromatic N) is 1. The highest BCUT2D eigenvalue weighted by molar-refractivity contribution is 7.92. The Balaban J connectivity index is 2.75. The van der Waals surface area contributed by atoms with Gasteiger partial charge in [0.15, 0.2) is 9.84 Å². The minimum Gasteiger partial charge on any atom is -0.445 e. The van der Waals surface area contributed by atoms with E-state index in [4.69, 9.17) is 44.8 Å². The van der Waals surface area contributed by atoms with Crippen molar-refractivity contribution in [1.82, 2.24) is 5.32 Å². The number of carbonyl (C=O) groups is 1. The zero-order valence-electron chi connectivity index (χ0n) is 15.8. The number of alkyl halides is 3. The molecule has 0 saturated carbocycles. The number of hydrogen-bond acceptors (Lipinski definition) is 5. The largest absolute Gasteiger partial charge is 0.445 e. The second kappa shape index (κ2) is 10.5. The Kier molecular flexibility index (Phi) is 9.35. The van der Waals surface area contributed by atoms with Crippen LogP contribution in [0.25, 0.3) is 0 Å². The lowest BCUT2D eigenvalue weighted by molar-refractivity contribution is 0.142. The molecular weight excluding hydrogens is 447 g/mol. The third-order valence-corrected chi connectivity index (χ3v) is 6.65. The SMILES string of the molecule is CC(C)[C@@H](CS(=O)(=O)C(C)Cc1ccc(C#N)cc1)NC(=O)OCC(Cl)(Cl)Cl. The predicted molar refractivity (Wildman–Crippen MR) is 112 cm³/mol. The molecule has 0 fully saturated rings. The van der Waals surface area contributed by atoms with Gasteiger partial charge in [0.05, 0.1) is 22.6 Å². The van der Waals surface area contributed by atoms with E-state index in [1.54, 1.807) is 45.0 Å². The molecule has 156 valence electrons. The summed E-state index contributed by atoms with van der Waals surface area (Å²) >= 11 is 16.6. The molecule has 2 atom stereocenters. The highest BCUT2D eigenvalue weighted by Gasteiger charge is 2.29. The average Bonchev–Trinajstić information content (AvgIpc) is 2.59. The summed E-state index contributed by atoms with van der Waals surface area (Å²) in [6.07, 6.45) is -0.545. The molecule has 0 aliphatic carbocycles. The fourth-order valence-electron chi connectivity index (χ4n) is 2.33. The van der Waals surface area contributed by atoms with Gasteiger partial charge < -0.3 is 10.1 Å². The Morgan fingerprint density at radius 1 is 1.21 bits per heavy atom. The third-order valence-electron chi connectivity index (χ3n) is 4.11. The molecule has 0 aliphatic rings. The Morgan fingerprint density at radius 3 is 2.25 bits per heavy atom. The first-order valence-corrected chi connectivity index (χ1v) is 11.4. The van der Waals surface area contributed by atoms with E-state index in [-0.39, 0.29) is 11.7 Å². The molecule has 0 spiro atoms. The van der Waals surface area contributed by atoms with Gasteiger partial charge >= 0.3 is 6.09 Å². The average molecular weight is 470 g/mol. The Labute approximate surface area is 181 Å². The van der Waals surface area contributed by atoms with Crippen LogP contribution >= 0.6 is 34.8 Å². The molecule has 28 heavy (non-hydrogen) atoms. The van der Waals surface area contributed by atoms with Crippen molar-refractivity contribution < 1.29 is 17.9 Å². The molecule has 0 heterocycles. The lowest BCUT2D eigenvalue weighted by atomic mass is 10.1. The summed E-state index contributed by atoms with van der Waals surface area (Å²) in [5, 5.41) is 10.7. The number of ether oxygens (including phenoxy) is 1. The maximum atomic E-state index is 12.8. The quantitative estimate of drug-likeness (QED) is 0.580. The number of alkyl carbamates (subject to hydrolysis) is 1. The van der Waals surface area contributed by atoms with Crippen molar-refractivity contribution in [3.8, 4) is 6.07 Å². The summed E-state index contributed by atoms with van der Waals surface area (Å²) in [5.74, 6) is -0.400. The van der Waals surface area contributed by atoms with Gasteiger partial charge in [-0.25, -0.2) is 13.2 Å². The van der Waals surface area contributed by atoms with Gasteiger partial charge in [0.2, 0.25) is 3.79 Å². The second-order valence-corrected chi connectivity index (χ2v) is 11.8. The molecule has 1 rings (SSSR count). The molecule has 6 nitrogen and oxygen atoms in total. The number of nitriles is 1. The lowest BCUT2D eigenvalue weighted by Gasteiger charge is -2.24. The molecule has 0 saturated heterocycles. The summed E-state index contributed by atoms with van der Waals surface area (Å²) < 4.78 is 28.6. The lowest BCUT2D eigenvalue weighted by Crippen LogP contribution is -2.45. The van der Waals surface area contributed by atoms with Gasteiger partial charge in [0.1, 0.15) is 6.61 Å². The first-order valence-electron chi connectivity index (χ1n) is 8.54. The van der Waals surface area contributed by atoms with E-state index in [1.165, 1.54) is 0 Å². The summed E-state index contributed by atoms with van der Waals surface area (Å²) in [5.41, 5.74) is 1.32. The minimum absolute atomic E-state index is 0.155. The predicted octanol–water partition coefficient (Wildman–Crippen LogP) is 4.03. The van der Waals surface area contributed by atoms with Crippen LogP contribution in [-0.4, -0.2) is 42.0 Å². The second-order valence-electron chi connectivity index (χ2n) is 6.84. The van der Waals surface area contributed by atoms with Gasteiger partial charge in [-0.3, -0.25) is 0 Å². The van der Waals surface area contributed by atoms with Gasteiger partial charge in [-0.05, 0) is 37.0 Å². The molecule has 1 aromatic rings. The summed E-state index contributed by atoms with van der Waals surface area (Å²) in [4.78, 5) is 11.9. The molecule has 1 unspecified atom stereocenters. The molecule has 1 aromatic carbocycles. The normalized spacial score (nSPS) is 14.2. The molecule has 1 N–H and O–H groups in total. The molecule has 10 heteroatoms. The number of benzene rings is 1. The van der Waals surface area contributed by atoms with E-state index in [9.17, 15) is 13.2 Å². The van der Waals surface area contributed by atoms with Crippen molar-refractivity contribution >= 4 is 50.7 Å². The van der Waals surface area contributed by atoms with Crippen molar-refractivity contribution in [2.75, 3.05) is 12.4 Å². The minimum atomic E-state index is -3.52. The van der Waals surface area contributed by atoms with Crippen LogP contribution in [0.2, 0.25) is 0 Å². The van der Waals surface area contributed by atoms with Gasteiger partial charge in [0, 0.05) is 6.04 Å². The fraction of sp³-hybridized carbons (Fsp3) is 0.556. The number of rotatable bonds is 8. The van der Waals surface area contributed by atoms with Crippen LogP contribution in [0.5, 0.6) is 0 Å². The number of sulfone groups is 1. The maximum absolute atomic E-state index is 12.8. The molecule has 0 aliphatic heterocycles. The Morgan fingerprint density at radius 2 is 1.79 bits per heavy atom. The van der Waals surface area contributed by atoms with E-state index in [2.05, 4.69) is 5.32 Å². The standard InChI is InChI=1S/C18H23Cl3N2O4S/c1-12(2)16(23-17(24)27-11-18(19,20)21)10-28(25,26)13(3)8-14-4-6-15(9-22)7-5-14/h4-7,12-13,16H,8,10-11H2,1-3H3,(H,23,24)/t13?,16-/m1/s1. The highest BCUT2D eigenvalue weighted by atomic mass is 35.6. The molecule has 0 bridgehead atoms. The van der Waals surface area contributed by atoms with Crippen LogP contribution in [-0.2, 0) is 21.0 Å². The number of halogens is 3. The number of carbonyl (C=O) groups excluding carboxylic acids is 1. The van der Waals surface area contributed by atoms with Gasteiger partial charge in [-0.2, -0.15) is 5.26 Å². The van der Waals surface area contributed by atoms with Gasteiger partial charge in [-0.15, -0.1) is 0 Å². The fourth-order valence-corrected chi connectivity index (χ4v) is 4.24. The van der Waals surface area contributed by atoms with E-state index >= 15 is 0 Å². The van der Waals surface area contributed by atoms with E-state index in [0.29, 0.717) is 12.0 Å². The monoisotopic (exact) mass is 468 g/mol. The first kappa shape index (κ1) is 24.8. The first-order chi connectivity index (χ1) is 12.8. The molecule has 0 aromatic heterocycles. The van der Waals surface area contributed by atoms with Gasteiger partial charge in [-0.1, -0.05) is 60.8 Å². The topological polar surface area (TPSA) is 96.3 Å². The number of nitrogens with one attached hydrogen (secondary N) is 1. The highest BCUT2D eigenvalue weighted by Crippen LogP contribution is 2.26. The van der Waals surface area contributed by atoms with Crippen molar-refractivity contribution in [3.05, 3.63) is 35.4 Å². The van der Waals surface area contributed by atoms with Crippen molar-refractivity contribution in [1.29, 1.82) is 5.26 Å². The molecule has 1 amide bonds. The third kappa shape index (κ3) is 8.87. The Hall–Kier alpha value is -1.20. The van der Waals surface area contributed by atoms with Crippen LogP contribution < -0.4 is 5.32 Å². The van der Waals surface area contributed by atoms with Crippen molar-refractivity contribution in [3.63, 3.8) is 0 Å². The summed E-state index contributed by atoms with van der Waals surface area (Å²) in [6.45, 7) is 4.75. The summed E-state index contributed by atoms with van der Waals surface area (Å²) in [6, 6.07) is 8.12. The van der Waals surface area contributed by atoms with E-state index in [1.807, 2.05) is 6.07 Å². The van der Waals surface area contributed by atoms with Crippen LogP contribution in [0.15, 0.2) is 24.3 Å². The van der Waals surface area contributed by atoms with E-state index < -0.39 is 37.6 Å². The zero-order valence-corrected chi connectivity index (χ0v) is 18.9. The smallest absolute Gasteiger partial charge is 0.407 e. The van der Waals surface area contributed by atoms with Gasteiger partial charge in [0.25, 0.3) is 0 Å². The maximum Gasteiger partial charge on any atom is 0.407 e. The number of amides is 1.